The van der Waals surface area contributed by atoms with Crippen LogP contribution in [0.3, 0.4) is 0 Å². The van der Waals surface area contributed by atoms with E-state index in [0.717, 1.165) is 22.6 Å². The lowest BCUT2D eigenvalue weighted by Crippen LogP contribution is -2.22. The SMILES string of the molecule is Cc1ccc(NC(N)=NCc2c(C)nn(C)c2C)cc1.I. The van der Waals surface area contributed by atoms with Crippen LogP contribution in [0, 0.1) is 20.8 Å². The predicted molar refractivity (Wildman–Crippen MR) is 98.2 cm³/mol. The fraction of sp³-hybridized carbons (Fsp3) is 0.333. The van der Waals surface area contributed by atoms with Crippen LogP contribution < -0.4 is 11.1 Å². The molecule has 0 atom stereocenters. The van der Waals surface area contributed by atoms with Crippen LogP contribution in [0.2, 0.25) is 0 Å². The van der Waals surface area contributed by atoms with Crippen molar-refractivity contribution in [3.05, 3.63) is 46.8 Å². The Hall–Kier alpha value is -1.57. The number of nitrogens with one attached hydrogen (secondary N) is 1. The van der Waals surface area contributed by atoms with E-state index in [9.17, 15) is 0 Å². The molecule has 1 aromatic heterocycles. The molecular formula is C15H22IN5. The molecule has 3 N–H and O–H groups in total. The molecule has 0 aliphatic carbocycles. The van der Waals surface area contributed by atoms with E-state index in [1.54, 1.807) is 0 Å². The Morgan fingerprint density at radius 2 is 1.86 bits per heavy atom. The maximum atomic E-state index is 5.91. The van der Waals surface area contributed by atoms with Crippen molar-refractivity contribution in [3.63, 3.8) is 0 Å². The fourth-order valence-electron chi connectivity index (χ4n) is 2.03. The van der Waals surface area contributed by atoms with Crippen molar-refractivity contribution in [1.29, 1.82) is 0 Å². The lowest BCUT2D eigenvalue weighted by atomic mass is 10.2. The van der Waals surface area contributed by atoms with Crippen molar-refractivity contribution >= 4 is 35.6 Å². The van der Waals surface area contributed by atoms with Crippen LogP contribution in [0.1, 0.15) is 22.5 Å². The van der Waals surface area contributed by atoms with Crippen LogP contribution in [-0.4, -0.2) is 15.7 Å². The predicted octanol–water partition coefficient (Wildman–Crippen LogP) is 2.89. The molecule has 0 aliphatic rings. The number of hydrogen-bond acceptors (Lipinski definition) is 2. The van der Waals surface area contributed by atoms with E-state index in [-0.39, 0.29) is 24.0 Å². The standard InChI is InChI=1S/C15H21N5.HI/c1-10-5-7-13(8-6-10)18-15(16)17-9-14-11(2)19-20(4)12(14)3;/h5-8H,9H2,1-4H3,(H3,16,17,18);1H. The Labute approximate surface area is 142 Å². The molecule has 2 rings (SSSR count). The van der Waals surface area contributed by atoms with Gasteiger partial charge in [0.15, 0.2) is 5.96 Å². The zero-order valence-electron chi connectivity index (χ0n) is 12.8. The van der Waals surface area contributed by atoms with E-state index in [1.165, 1.54) is 5.56 Å². The second kappa shape index (κ2) is 7.44. The van der Waals surface area contributed by atoms with Gasteiger partial charge in [0.05, 0.1) is 12.2 Å². The normalized spacial score (nSPS) is 11.1. The molecule has 2 aromatic rings. The summed E-state index contributed by atoms with van der Waals surface area (Å²) in [6, 6.07) is 8.03. The van der Waals surface area contributed by atoms with Gasteiger partial charge in [-0.2, -0.15) is 5.10 Å². The van der Waals surface area contributed by atoms with E-state index in [4.69, 9.17) is 5.73 Å². The van der Waals surface area contributed by atoms with Crippen LogP contribution in [0.15, 0.2) is 29.3 Å². The van der Waals surface area contributed by atoms with Gasteiger partial charge in [0, 0.05) is 24.0 Å². The summed E-state index contributed by atoms with van der Waals surface area (Å²) in [4.78, 5) is 4.38. The van der Waals surface area contributed by atoms with Crippen LogP contribution in [0.5, 0.6) is 0 Å². The Bertz CT molecular complexity index is 628. The van der Waals surface area contributed by atoms with Crippen molar-refractivity contribution in [2.45, 2.75) is 27.3 Å². The van der Waals surface area contributed by atoms with Gasteiger partial charge in [-0.1, -0.05) is 17.7 Å². The minimum Gasteiger partial charge on any atom is -0.370 e. The van der Waals surface area contributed by atoms with E-state index in [1.807, 2.05) is 49.8 Å². The first kappa shape index (κ1) is 17.5. The molecule has 0 fully saturated rings. The highest BCUT2D eigenvalue weighted by molar-refractivity contribution is 14.0. The summed E-state index contributed by atoms with van der Waals surface area (Å²) in [5.74, 6) is 0.413. The lowest BCUT2D eigenvalue weighted by molar-refractivity contribution is 0.730. The summed E-state index contributed by atoms with van der Waals surface area (Å²) in [5.41, 5.74) is 11.3. The molecule has 1 aromatic carbocycles. The van der Waals surface area contributed by atoms with Crippen molar-refractivity contribution in [1.82, 2.24) is 9.78 Å². The van der Waals surface area contributed by atoms with E-state index >= 15 is 0 Å². The van der Waals surface area contributed by atoms with E-state index < -0.39 is 0 Å². The van der Waals surface area contributed by atoms with Crippen molar-refractivity contribution in [3.8, 4) is 0 Å². The molecule has 5 nitrogen and oxygen atoms in total. The van der Waals surface area contributed by atoms with E-state index in [2.05, 4.69) is 22.3 Å². The second-order valence-electron chi connectivity index (χ2n) is 4.97. The smallest absolute Gasteiger partial charge is 0.193 e. The molecule has 0 saturated heterocycles. The Morgan fingerprint density at radius 3 is 2.38 bits per heavy atom. The largest absolute Gasteiger partial charge is 0.370 e. The average molecular weight is 399 g/mol. The number of hydrogen-bond donors (Lipinski definition) is 2. The molecule has 114 valence electrons. The van der Waals surface area contributed by atoms with Crippen molar-refractivity contribution < 1.29 is 0 Å². The quantitative estimate of drug-likeness (QED) is 0.474. The highest BCUT2D eigenvalue weighted by atomic mass is 127. The third kappa shape index (κ3) is 4.45. The number of guanidine groups is 1. The Morgan fingerprint density at radius 1 is 1.24 bits per heavy atom. The number of nitrogens with zero attached hydrogens (tertiary/aromatic N) is 3. The summed E-state index contributed by atoms with van der Waals surface area (Å²) in [6.45, 7) is 6.61. The second-order valence-corrected chi connectivity index (χ2v) is 4.97. The molecule has 0 amide bonds. The summed E-state index contributed by atoms with van der Waals surface area (Å²) in [7, 11) is 1.93. The zero-order chi connectivity index (χ0) is 14.7. The van der Waals surface area contributed by atoms with Gasteiger partial charge in [0.1, 0.15) is 0 Å². The molecule has 0 spiro atoms. The average Bonchev–Trinajstić information content (AvgIpc) is 2.64. The van der Waals surface area contributed by atoms with Crippen LogP contribution in [-0.2, 0) is 13.6 Å². The zero-order valence-corrected chi connectivity index (χ0v) is 15.2. The van der Waals surface area contributed by atoms with Gasteiger partial charge in [0.25, 0.3) is 0 Å². The van der Waals surface area contributed by atoms with Gasteiger partial charge in [-0.05, 0) is 32.9 Å². The summed E-state index contributed by atoms with van der Waals surface area (Å²) in [5, 5.41) is 7.45. The highest BCUT2D eigenvalue weighted by Crippen LogP contribution is 2.13. The summed E-state index contributed by atoms with van der Waals surface area (Å²) in [6.07, 6.45) is 0. The molecule has 0 bridgehead atoms. The summed E-state index contributed by atoms with van der Waals surface area (Å²) >= 11 is 0. The maximum Gasteiger partial charge on any atom is 0.193 e. The van der Waals surface area contributed by atoms with Crippen LogP contribution in [0.4, 0.5) is 5.69 Å². The molecule has 0 saturated carbocycles. The number of aromatic nitrogens is 2. The van der Waals surface area contributed by atoms with Crippen molar-refractivity contribution in [2.75, 3.05) is 5.32 Å². The molecule has 0 aliphatic heterocycles. The first-order valence-corrected chi connectivity index (χ1v) is 6.60. The molecule has 21 heavy (non-hydrogen) atoms. The number of aryl methyl sites for hydroxylation is 3. The lowest BCUT2D eigenvalue weighted by Gasteiger charge is -2.06. The Balaban J connectivity index is 0.00000220. The first-order valence-electron chi connectivity index (χ1n) is 6.60. The minimum absolute atomic E-state index is 0. The number of benzene rings is 1. The first-order chi connectivity index (χ1) is 9.47. The number of halogens is 1. The van der Waals surface area contributed by atoms with E-state index in [0.29, 0.717) is 12.5 Å². The summed E-state index contributed by atoms with van der Waals surface area (Å²) < 4.78 is 1.86. The minimum atomic E-state index is 0. The molecular weight excluding hydrogens is 377 g/mol. The van der Waals surface area contributed by atoms with Crippen LogP contribution in [0.25, 0.3) is 0 Å². The number of anilines is 1. The molecule has 0 radical (unpaired) electrons. The third-order valence-electron chi connectivity index (χ3n) is 3.39. The molecule has 6 heteroatoms. The van der Waals surface area contributed by atoms with Gasteiger partial charge in [-0.3, -0.25) is 4.68 Å². The molecule has 1 heterocycles. The highest BCUT2D eigenvalue weighted by Gasteiger charge is 2.08. The van der Waals surface area contributed by atoms with Gasteiger partial charge in [0.2, 0.25) is 0 Å². The third-order valence-corrected chi connectivity index (χ3v) is 3.39. The van der Waals surface area contributed by atoms with Crippen molar-refractivity contribution in [2.24, 2.45) is 17.8 Å². The van der Waals surface area contributed by atoms with Gasteiger partial charge in [-0.25, -0.2) is 4.99 Å². The number of aliphatic imine (C=N–C) groups is 1. The topological polar surface area (TPSA) is 68.2 Å². The maximum absolute atomic E-state index is 5.91. The fourth-order valence-corrected chi connectivity index (χ4v) is 2.03. The Kier molecular flexibility index (Phi) is 6.19. The van der Waals surface area contributed by atoms with Gasteiger partial charge in [-0.15, -0.1) is 24.0 Å². The van der Waals surface area contributed by atoms with Gasteiger partial charge >= 0.3 is 0 Å². The molecule has 0 unspecified atom stereocenters. The number of nitrogens with two attached hydrogens (primary N) is 1. The van der Waals surface area contributed by atoms with Crippen LogP contribution >= 0.6 is 24.0 Å². The number of rotatable bonds is 3. The van der Waals surface area contributed by atoms with Gasteiger partial charge < -0.3 is 11.1 Å². The monoisotopic (exact) mass is 399 g/mol.